The molecule has 12 N–H and O–H groups in total. The van der Waals surface area contributed by atoms with Crippen LogP contribution in [0.3, 0.4) is 0 Å². The molecular formula is H14Mg2N2O12. The van der Waals surface area contributed by atoms with Gasteiger partial charge in [0.25, 0.3) is 0 Å². The van der Waals surface area contributed by atoms with Gasteiger partial charge in [-0.15, -0.1) is 0 Å². The summed E-state index contributed by atoms with van der Waals surface area (Å²) in [4.78, 5) is 16.5. The van der Waals surface area contributed by atoms with Crippen LogP contribution in [0, 0.1) is 30.6 Å². The summed E-state index contributed by atoms with van der Waals surface area (Å²) >= 11 is 0. The largest absolute Gasteiger partial charge is 2.00 e. The Kier molecular flexibility index (Phi) is 555. The smallest absolute Gasteiger partial charge is 0.412 e. The summed E-state index contributed by atoms with van der Waals surface area (Å²) in [5.41, 5.74) is 0. The summed E-state index contributed by atoms with van der Waals surface area (Å²) in [5, 5.41) is 29.5. The molecule has 0 radical (unpaired) electrons. The van der Waals surface area contributed by atoms with Gasteiger partial charge in [-0.05, 0) is 0 Å². The van der Waals surface area contributed by atoms with Crippen LogP contribution in [-0.2, 0) is 0 Å². The molecule has 0 saturated heterocycles. The first-order chi connectivity index (χ1) is 3.46. The standard InChI is InChI=1S/2Mg.2NO3.6H2O.2H/c;;2*2-1(3)4;;;;;;;;/h;;;;6*1H2;;/q;+2;2*-1;;;;;;;;. The van der Waals surface area contributed by atoms with Gasteiger partial charge < -0.3 is 63.5 Å². The molecule has 0 amide bonds. The molecule has 0 rings (SSSR count). The van der Waals surface area contributed by atoms with Gasteiger partial charge in [0.05, 0.1) is 10.2 Å². The Hall–Kier alpha value is -0.308. The molecule has 0 fully saturated rings. The van der Waals surface area contributed by atoms with E-state index >= 15 is 0 Å². The number of nitrogens with zero attached hydrogens (tertiary/aromatic N) is 2. The van der Waals surface area contributed by atoms with Crippen molar-refractivity contribution >= 4 is 46.1 Å². The van der Waals surface area contributed by atoms with Crippen LogP contribution in [0.2, 0.25) is 0 Å². The van der Waals surface area contributed by atoms with Gasteiger partial charge in [-0.1, -0.05) is 0 Å². The summed E-state index contributed by atoms with van der Waals surface area (Å²) in [6, 6.07) is 0. The number of hydrogen-bond acceptors (Lipinski definition) is 6. The molecule has 16 heteroatoms. The fourth-order valence-corrected chi connectivity index (χ4v) is 0. The van der Waals surface area contributed by atoms with E-state index in [1.807, 2.05) is 0 Å². The summed E-state index contributed by atoms with van der Waals surface area (Å²) in [7, 11) is 0. The Morgan fingerprint density at radius 1 is 0.562 bits per heavy atom. The van der Waals surface area contributed by atoms with Crippen LogP contribution in [0.4, 0.5) is 0 Å². The maximum Gasteiger partial charge on any atom is 2.00 e. The number of hydrogen-bond donors (Lipinski definition) is 0. The zero-order valence-corrected chi connectivity index (χ0v) is 8.47. The predicted octanol–water partition coefficient (Wildman–Crippen LogP) is -6.72. The molecule has 100 valence electrons. The van der Waals surface area contributed by atoms with Gasteiger partial charge in [-0.25, -0.2) is 0 Å². The van der Waals surface area contributed by atoms with E-state index in [1.165, 1.54) is 0 Å². The van der Waals surface area contributed by atoms with Crippen molar-refractivity contribution < 1.29 is 43.0 Å². The molecule has 0 unspecified atom stereocenters. The molecule has 0 atom stereocenters. The predicted molar refractivity (Wildman–Crippen MR) is 56.7 cm³/mol. The molecule has 0 spiro atoms. The van der Waals surface area contributed by atoms with E-state index in [4.69, 9.17) is 30.6 Å². The summed E-state index contributed by atoms with van der Waals surface area (Å²) in [6.45, 7) is 0. The molecule has 0 heterocycles. The second-order valence-corrected chi connectivity index (χ2v) is 0.447. The average molecular weight is 283 g/mol. The van der Waals surface area contributed by atoms with Crippen molar-refractivity contribution in [3.05, 3.63) is 30.6 Å². The fourth-order valence-electron chi connectivity index (χ4n) is 0. The van der Waals surface area contributed by atoms with E-state index in [-0.39, 0.29) is 79.0 Å². The number of rotatable bonds is 0. The molecule has 0 bridgehead atoms. The second-order valence-electron chi connectivity index (χ2n) is 0.447. The maximum absolute atomic E-state index is 8.25. The molecule has 0 aliphatic heterocycles. The van der Waals surface area contributed by atoms with Gasteiger partial charge >= 0.3 is 46.1 Å². The van der Waals surface area contributed by atoms with E-state index in [2.05, 4.69) is 0 Å². The molecule has 0 aliphatic rings. The minimum atomic E-state index is -1.75. The first-order valence-electron chi connectivity index (χ1n) is 1.10. The molecular weight excluding hydrogens is 269 g/mol. The summed E-state index contributed by atoms with van der Waals surface area (Å²) in [5.74, 6) is 0. The van der Waals surface area contributed by atoms with Crippen molar-refractivity contribution in [1.82, 2.24) is 0 Å². The van der Waals surface area contributed by atoms with Gasteiger partial charge in [0.15, 0.2) is 0 Å². The average Bonchev–Trinajstić information content (AvgIpc) is 1.25. The quantitative estimate of drug-likeness (QED) is 0.235. The van der Waals surface area contributed by atoms with Gasteiger partial charge in [0.2, 0.25) is 0 Å². The molecule has 0 aromatic rings. The Bertz CT molecular complexity index is 75.0. The topological polar surface area (TPSA) is 321 Å². The van der Waals surface area contributed by atoms with Gasteiger partial charge in [0, 0.05) is 0 Å². The van der Waals surface area contributed by atoms with Crippen molar-refractivity contribution in [2.24, 2.45) is 0 Å². The normalized spacial score (nSPS) is 3.00. The molecule has 14 nitrogen and oxygen atoms in total. The molecule has 0 aromatic heterocycles. The van der Waals surface area contributed by atoms with Crippen molar-refractivity contribution in [3.63, 3.8) is 0 Å². The summed E-state index contributed by atoms with van der Waals surface area (Å²) < 4.78 is 0. The molecule has 16 heavy (non-hydrogen) atoms. The first-order valence-corrected chi connectivity index (χ1v) is 1.10. The molecule has 0 aliphatic carbocycles. The summed E-state index contributed by atoms with van der Waals surface area (Å²) in [6.07, 6.45) is 0. The minimum absolute atomic E-state index is 0. The van der Waals surface area contributed by atoms with Crippen LogP contribution in [0.15, 0.2) is 0 Å². The maximum atomic E-state index is 8.25. The Balaban J connectivity index is -0.00000000375. The van der Waals surface area contributed by atoms with Crippen LogP contribution in [0.25, 0.3) is 0 Å². The monoisotopic (exact) mass is 282 g/mol. The fraction of sp³-hybridized carbons (Fsp3) is 0. The van der Waals surface area contributed by atoms with Crippen molar-refractivity contribution in [3.8, 4) is 0 Å². The van der Waals surface area contributed by atoms with Crippen LogP contribution in [-0.4, -0.2) is 89.1 Å². The van der Waals surface area contributed by atoms with Crippen LogP contribution >= 0.6 is 0 Å². The third-order valence-electron chi connectivity index (χ3n) is 0. The Labute approximate surface area is 120 Å². The van der Waals surface area contributed by atoms with Gasteiger partial charge in [-0.3, -0.25) is 0 Å². The first kappa shape index (κ1) is 105. The van der Waals surface area contributed by atoms with E-state index in [0.29, 0.717) is 0 Å². The van der Waals surface area contributed by atoms with E-state index < -0.39 is 10.2 Å². The van der Waals surface area contributed by atoms with E-state index in [0.717, 1.165) is 0 Å². The van der Waals surface area contributed by atoms with Crippen molar-refractivity contribution in [2.45, 2.75) is 0 Å². The van der Waals surface area contributed by atoms with E-state index in [1.54, 1.807) is 0 Å². The zero-order chi connectivity index (χ0) is 7.15. The van der Waals surface area contributed by atoms with E-state index in [9.17, 15) is 0 Å². The zero-order valence-electron chi connectivity index (χ0n) is 7.05. The van der Waals surface area contributed by atoms with Crippen molar-refractivity contribution in [1.29, 1.82) is 0 Å². The van der Waals surface area contributed by atoms with Gasteiger partial charge in [-0.2, -0.15) is 0 Å². The second kappa shape index (κ2) is 85.0. The van der Waals surface area contributed by atoms with Gasteiger partial charge in [0.1, 0.15) is 0 Å². The molecule has 0 aromatic carbocycles. The third kappa shape index (κ3) is 23300. The molecule has 0 saturated carbocycles. The Morgan fingerprint density at radius 3 is 0.562 bits per heavy atom. The van der Waals surface area contributed by atoms with Crippen LogP contribution in [0.1, 0.15) is 0 Å². The third-order valence-corrected chi connectivity index (χ3v) is 0. The van der Waals surface area contributed by atoms with Crippen molar-refractivity contribution in [2.75, 3.05) is 0 Å². The van der Waals surface area contributed by atoms with Crippen LogP contribution < -0.4 is 0 Å². The SMILES string of the molecule is O.O.O.O.O.O.O=[N+]([O-])[O-].O=[N+]([O-])[O-].[Mg+2].[MgH2]. The Morgan fingerprint density at radius 2 is 0.562 bits per heavy atom. The minimum Gasteiger partial charge on any atom is -0.412 e. The van der Waals surface area contributed by atoms with Crippen LogP contribution in [0.5, 0.6) is 0 Å².